The Morgan fingerprint density at radius 2 is 2.28 bits per heavy atom. The molecule has 0 bridgehead atoms. The minimum absolute atomic E-state index is 0.237. The molecule has 1 aliphatic rings. The van der Waals surface area contributed by atoms with Gasteiger partial charge in [0, 0.05) is 23.1 Å². The predicted molar refractivity (Wildman–Crippen MR) is 69.5 cm³/mol. The summed E-state index contributed by atoms with van der Waals surface area (Å²) in [7, 11) is 1.42. The van der Waals surface area contributed by atoms with Gasteiger partial charge < -0.3 is 9.72 Å². The van der Waals surface area contributed by atoms with Gasteiger partial charge in [0.2, 0.25) is 0 Å². The fraction of sp³-hybridized carbons (Fsp3) is 0.357. The molecule has 18 heavy (non-hydrogen) atoms. The number of benzene rings is 1. The van der Waals surface area contributed by atoms with E-state index in [9.17, 15) is 4.79 Å². The second-order valence-corrected chi connectivity index (χ2v) is 4.73. The van der Waals surface area contributed by atoms with Gasteiger partial charge in [-0.25, -0.2) is 4.79 Å². The maximum atomic E-state index is 11.8. The topological polar surface area (TPSA) is 54.1 Å². The van der Waals surface area contributed by atoms with Crippen molar-refractivity contribution in [3.8, 4) is 0 Å². The summed E-state index contributed by atoms with van der Waals surface area (Å²) < 4.78 is 4.84. The SMILES string of the molecule is COC(=O)C1NCCc2c1[nH]c1ccc(C)cc21. The van der Waals surface area contributed by atoms with E-state index in [2.05, 4.69) is 35.4 Å². The van der Waals surface area contributed by atoms with Gasteiger partial charge in [-0.05, 0) is 31.0 Å². The normalized spacial score (nSPS) is 18.7. The standard InChI is InChI=1S/C14H16N2O2/c1-8-3-4-11-10(7-8)9-5-6-15-13(12(9)16-11)14(17)18-2/h3-4,7,13,15-16H,5-6H2,1-2H3. The van der Waals surface area contributed by atoms with E-state index in [1.807, 2.05) is 0 Å². The average Bonchev–Trinajstić information content (AvgIpc) is 2.75. The molecule has 1 aromatic heterocycles. The maximum Gasteiger partial charge on any atom is 0.329 e. The van der Waals surface area contributed by atoms with Crippen LogP contribution in [-0.2, 0) is 16.0 Å². The van der Waals surface area contributed by atoms with Crippen molar-refractivity contribution in [2.75, 3.05) is 13.7 Å². The van der Waals surface area contributed by atoms with Crippen LogP contribution < -0.4 is 5.32 Å². The second kappa shape index (κ2) is 4.14. The van der Waals surface area contributed by atoms with Crippen LogP contribution in [-0.4, -0.2) is 24.6 Å². The Morgan fingerprint density at radius 3 is 3.06 bits per heavy atom. The molecule has 0 amide bonds. The summed E-state index contributed by atoms with van der Waals surface area (Å²) in [6.45, 7) is 2.88. The summed E-state index contributed by atoms with van der Waals surface area (Å²) >= 11 is 0. The zero-order chi connectivity index (χ0) is 12.7. The minimum Gasteiger partial charge on any atom is -0.468 e. The molecule has 2 N–H and O–H groups in total. The fourth-order valence-electron chi connectivity index (χ4n) is 2.66. The molecule has 0 fully saturated rings. The van der Waals surface area contributed by atoms with Crippen molar-refractivity contribution in [2.45, 2.75) is 19.4 Å². The smallest absolute Gasteiger partial charge is 0.329 e. The molecule has 4 heteroatoms. The fourth-order valence-corrected chi connectivity index (χ4v) is 2.66. The third-order valence-electron chi connectivity index (χ3n) is 3.54. The Balaban J connectivity index is 2.18. The molecule has 0 spiro atoms. The van der Waals surface area contributed by atoms with Crippen molar-refractivity contribution < 1.29 is 9.53 Å². The largest absolute Gasteiger partial charge is 0.468 e. The van der Waals surface area contributed by atoms with E-state index >= 15 is 0 Å². The van der Waals surface area contributed by atoms with E-state index in [0.717, 1.165) is 24.2 Å². The summed E-state index contributed by atoms with van der Waals surface area (Å²) in [5.74, 6) is -0.237. The van der Waals surface area contributed by atoms with E-state index < -0.39 is 0 Å². The molecule has 1 aliphatic heterocycles. The van der Waals surface area contributed by atoms with Crippen LogP contribution in [0.2, 0.25) is 0 Å². The number of nitrogens with one attached hydrogen (secondary N) is 2. The van der Waals surface area contributed by atoms with Gasteiger partial charge >= 0.3 is 5.97 Å². The van der Waals surface area contributed by atoms with Crippen molar-refractivity contribution >= 4 is 16.9 Å². The van der Waals surface area contributed by atoms with Gasteiger partial charge in [-0.15, -0.1) is 0 Å². The van der Waals surface area contributed by atoms with Gasteiger partial charge in [-0.2, -0.15) is 0 Å². The molecule has 4 nitrogen and oxygen atoms in total. The molecule has 1 aromatic carbocycles. The summed E-state index contributed by atoms with van der Waals surface area (Å²) in [6.07, 6.45) is 0.937. The van der Waals surface area contributed by atoms with E-state index in [0.29, 0.717) is 0 Å². The molecule has 1 unspecified atom stereocenters. The number of hydrogen-bond donors (Lipinski definition) is 2. The first-order valence-corrected chi connectivity index (χ1v) is 6.13. The Hall–Kier alpha value is -1.81. The number of carbonyl (C=O) groups excluding carboxylic acids is 1. The van der Waals surface area contributed by atoms with E-state index in [1.165, 1.54) is 23.6 Å². The van der Waals surface area contributed by atoms with Crippen molar-refractivity contribution in [1.82, 2.24) is 10.3 Å². The number of rotatable bonds is 1. The predicted octanol–water partition coefficient (Wildman–Crippen LogP) is 1.84. The number of methoxy groups -OCH3 is 1. The first kappa shape index (κ1) is 11.3. The molecule has 1 atom stereocenters. The van der Waals surface area contributed by atoms with Crippen molar-refractivity contribution in [2.24, 2.45) is 0 Å². The highest BCUT2D eigenvalue weighted by molar-refractivity contribution is 5.89. The molecule has 3 rings (SSSR count). The average molecular weight is 244 g/mol. The molecule has 0 aliphatic carbocycles. The monoisotopic (exact) mass is 244 g/mol. The van der Waals surface area contributed by atoms with Gasteiger partial charge in [-0.3, -0.25) is 5.32 Å². The summed E-state index contributed by atoms with van der Waals surface area (Å²) in [5.41, 5.74) is 4.51. The first-order valence-electron chi connectivity index (χ1n) is 6.13. The number of H-pyrrole nitrogens is 1. The quantitative estimate of drug-likeness (QED) is 0.753. The maximum absolute atomic E-state index is 11.8. The number of aromatic nitrogens is 1. The van der Waals surface area contributed by atoms with Crippen molar-refractivity contribution in [3.05, 3.63) is 35.0 Å². The first-order chi connectivity index (χ1) is 8.70. The van der Waals surface area contributed by atoms with Crippen LogP contribution in [0.1, 0.15) is 22.9 Å². The van der Waals surface area contributed by atoms with E-state index in [4.69, 9.17) is 4.74 Å². The van der Waals surface area contributed by atoms with E-state index in [-0.39, 0.29) is 12.0 Å². The number of esters is 1. The van der Waals surface area contributed by atoms with Crippen LogP contribution in [0.5, 0.6) is 0 Å². The molecule has 2 heterocycles. The number of carbonyl (C=O) groups is 1. The molecular formula is C14H16N2O2. The lowest BCUT2D eigenvalue weighted by atomic mass is 9.99. The van der Waals surface area contributed by atoms with Gasteiger partial charge in [-0.1, -0.05) is 11.6 Å². The summed E-state index contributed by atoms with van der Waals surface area (Å²) in [5, 5.41) is 4.42. The third kappa shape index (κ3) is 1.61. The molecule has 0 saturated heterocycles. The Bertz CT molecular complexity index is 616. The number of ether oxygens (including phenoxy) is 1. The van der Waals surface area contributed by atoms with Crippen molar-refractivity contribution in [3.63, 3.8) is 0 Å². The van der Waals surface area contributed by atoms with Gasteiger partial charge in [0.15, 0.2) is 0 Å². The third-order valence-corrected chi connectivity index (χ3v) is 3.54. The summed E-state index contributed by atoms with van der Waals surface area (Å²) in [4.78, 5) is 15.1. The summed E-state index contributed by atoms with van der Waals surface area (Å²) in [6, 6.07) is 5.94. The second-order valence-electron chi connectivity index (χ2n) is 4.73. The van der Waals surface area contributed by atoms with E-state index in [1.54, 1.807) is 0 Å². The minimum atomic E-state index is -0.369. The van der Waals surface area contributed by atoms with Gasteiger partial charge in [0.05, 0.1) is 7.11 Å². The highest BCUT2D eigenvalue weighted by atomic mass is 16.5. The molecule has 0 radical (unpaired) electrons. The van der Waals surface area contributed by atoms with Crippen LogP contribution in [0.4, 0.5) is 0 Å². The lowest BCUT2D eigenvalue weighted by Gasteiger charge is -2.22. The van der Waals surface area contributed by atoms with Crippen LogP contribution in [0, 0.1) is 6.92 Å². The highest BCUT2D eigenvalue weighted by Crippen LogP contribution is 2.31. The zero-order valence-electron chi connectivity index (χ0n) is 10.5. The van der Waals surface area contributed by atoms with Crippen LogP contribution in [0.3, 0.4) is 0 Å². The number of aryl methyl sites for hydroxylation is 1. The Labute approximate surface area is 105 Å². The van der Waals surface area contributed by atoms with Gasteiger partial charge in [0.1, 0.15) is 6.04 Å². The van der Waals surface area contributed by atoms with Crippen molar-refractivity contribution in [1.29, 1.82) is 0 Å². The molecule has 0 saturated carbocycles. The Kier molecular flexibility index (Phi) is 2.59. The Morgan fingerprint density at radius 1 is 1.44 bits per heavy atom. The number of fused-ring (bicyclic) bond motifs is 3. The van der Waals surface area contributed by atoms with Crippen LogP contribution in [0.15, 0.2) is 18.2 Å². The number of aromatic amines is 1. The van der Waals surface area contributed by atoms with Crippen LogP contribution >= 0.6 is 0 Å². The molecule has 94 valence electrons. The van der Waals surface area contributed by atoms with Crippen LogP contribution in [0.25, 0.3) is 10.9 Å². The molecule has 2 aromatic rings. The lowest BCUT2D eigenvalue weighted by molar-refractivity contribution is -0.143. The number of hydrogen-bond acceptors (Lipinski definition) is 3. The molecular weight excluding hydrogens is 228 g/mol. The van der Waals surface area contributed by atoms with Gasteiger partial charge in [0.25, 0.3) is 0 Å². The lowest BCUT2D eigenvalue weighted by Crippen LogP contribution is -2.35. The zero-order valence-corrected chi connectivity index (χ0v) is 10.5. The highest BCUT2D eigenvalue weighted by Gasteiger charge is 2.29.